The lowest BCUT2D eigenvalue weighted by Gasteiger charge is -2.26. The molecule has 9 heteroatoms. The molecular weight excluding hydrogens is 604 g/mol. The Morgan fingerprint density at radius 2 is 1.57 bits per heavy atom. The standard InChI is InChI=1S/C37H29ClN2O6/c1-23-11-13-25-7-3-5-9-29(25)31(23)22-46-33-18-12-24(20-34(33)44-2)19-30-35(41)39-37(43)40(36(30)42)27-14-16-28(17-15-27)45-21-26-8-4-6-10-32(26)38/h3-20H,21-22H2,1-2H3,(H,39,41,43)/b30-19+. The van der Waals surface area contributed by atoms with E-state index in [1.165, 1.54) is 13.2 Å². The van der Waals surface area contributed by atoms with Crippen LogP contribution >= 0.6 is 11.6 Å². The molecule has 1 fully saturated rings. The van der Waals surface area contributed by atoms with Crippen molar-refractivity contribution in [1.82, 2.24) is 5.32 Å². The molecule has 5 aromatic rings. The lowest BCUT2D eigenvalue weighted by molar-refractivity contribution is -0.122. The average molecular weight is 633 g/mol. The number of anilines is 1. The highest BCUT2D eigenvalue weighted by Gasteiger charge is 2.36. The van der Waals surface area contributed by atoms with Gasteiger partial charge in [-0.05, 0) is 77.4 Å². The number of carbonyl (C=O) groups excluding carboxylic acids is 3. The van der Waals surface area contributed by atoms with Crippen molar-refractivity contribution in [2.24, 2.45) is 0 Å². The van der Waals surface area contributed by atoms with Crippen molar-refractivity contribution in [3.8, 4) is 17.2 Å². The fourth-order valence-corrected chi connectivity index (χ4v) is 5.40. The molecule has 1 saturated heterocycles. The maximum Gasteiger partial charge on any atom is 0.335 e. The molecule has 5 aromatic carbocycles. The van der Waals surface area contributed by atoms with E-state index >= 15 is 0 Å². The average Bonchev–Trinajstić information content (AvgIpc) is 3.06. The highest BCUT2D eigenvalue weighted by Crippen LogP contribution is 2.32. The van der Waals surface area contributed by atoms with E-state index in [2.05, 4.69) is 29.6 Å². The molecule has 0 aliphatic carbocycles. The SMILES string of the molecule is COc1cc(/C=C2\C(=O)NC(=O)N(c3ccc(OCc4ccccc4Cl)cc3)C2=O)ccc1OCc1c(C)ccc2ccccc12. The largest absolute Gasteiger partial charge is 0.493 e. The number of urea groups is 1. The van der Waals surface area contributed by atoms with Crippen molar-refractivity contribution in [1.29, 1.82) is 0 Å². The van der Waals surface area contributed by atoms with Crippen LogP contribution in [0, 0.1) is 6.92 Å². The number of methoxy groups -OCH3 is 1. The monoisotopic (exact) mass is 632 g/mol. The fraction of sp³-hybridized carbons (Fsp3) is 0.108. The highest BCUT2D eigenvalue weighted by molar-refractivity contribution is 6.39. The maximum absolute atomic E-state index is 13.5. The number of ether oxygens (including phenoxy) is 3. The van der Waals surface area contributed by atoms with Crippen LogP contribution in [-0.2, 0) is 22.8 Å². The zero-order valence-electron chi connectivity index (χ0n) is 25.1. The van der Waals surface area contributed by atoms with E-state index in [1.54, 1.807) is 48.5 Å². The van der Waals surface area contributed by atoms with E-state index in [4.69, 9.17) is 25.8 Å². The number of barbiturate groups is 1. The molecule has 0 radical (unpaired) electrons. The van der Waals surface area contributed by atoms with Crippen LogP contribution in [-0.4, -0.2) is 25.0 Å². The third-order valence-electron chi connectivity index (χ3n) is 7.69. The second-order valence-electron chi connectivity index (χ2n) is 10.6. The van der Waals surface area contributed by atoms with Gasteiger partial charge in [0.05, 0.1) is 12.8 Å². The summed E-state index contributed by atoms with van der Waals surface area (Å²) in [4.78, 5) is 39.9. The Bertz CT molecular complexity index is 2000. The summed E-state index contributed by atoms with van der Waals surface area (Å²) in [5.74, 6) is -0.104. The number of rotatable bonds is 9. The number of imide groups is 2. The van der Waals surface area contributed by atoms with Gasteiger partial charge in [0.1, 0.15) is 24.5 Å². The molecule has 0 unspecified atom stereocenters. The molecule has 0 aromatic heterocycles. The van der Waals surface area contributed by atoms with Gasteiger partial charge in [-0.2, -0.15) is 0 Å². The molecule has 4 amide bonds. The Balaban J connectivity index is 1.19. The molecule has 1 N–H and O–H groups in total. The van der Waals surface area contributed by atoms with Crippen molar-refractivity contribution in [3.05, 3.63) is 136 Å². The first kappa shape index (κ1) is 30.4. The minimum atomic E-state index is -0.845. The molecule has 1 aliphatic heterocycles. The molecule has 0 atom stereocenters. The first-order valence-corrected chi connectivity index (χ1v) is 14.9. The van der Waals surface area contributed by atoms with Gasteiger partial charge in [0.2, 0.25) is 0 Å². The number of carbonyl (C=O) groups is 3. The number of nitrogens with one attached hydrogen (secondary N) is 1. The highest BCUT2D eigenvalue weighted by atomic mass is 35.5. The summed E-state index contributed by atoms with van der Waals surface area (Å²) >= 11 is 6.20. The summed E-state index contributed by atoms with van der Waals surface area (Å²) in [5.41, 5.74) is 3.58. The van der Waals surface area contributed by atoms with Crippen LogP contribution < -0.4 is 24.4 Å². The van der Waals surface area contributed by atoms with Crippen molar-refractivity contribution < 1.29 is 28.6 Å². The van der Waals surface area contributed by atoms with Gasteiger partial charge in [-0.1, -0.05) is 72.3 Å². The lowest BCUT2D eigenvalue weighted by atomic mass is 10.0. The minimum Gasteiger partial charge on any atom is -0.493 e. The first-order valence-electron chi connectivity index (χ1n) is 14.5. The maximum atomic E-state index is 13.5. The third-order valence-corrected chi connectivity index (χ3v) is 8.06. The van der Waals surface area contributed by atoms with E-state index in [9.17, 15) is 14.4 Å². The predicted molar refractivity (Wildman–Crippen MR) is 177 cm³/mol. The number of hydrogen-bond donors (Lipinski definition) is 1. The topological polar surface area (TPSA) is 94.2 Å². The Morgan fingerprint density at radius 3 is 2.35 bits per heavy atom. The number of benzene rings is 5. The second-order valence-corrected chi connectivity index (χ2v) is 11.0. The van der Waals surface area contributed by atoms with Crippen LogP contribution in [0.4, 0.5) is 10.5 Å². The van der Waals surface area contributed by atoms with Crippen molar-refractivity contribution in [2.45, 2.75) is 20.1 Å². The van der Waals surface area contributed by atoms with Crippen LogP contribution in [0.3, 0.4) is 0 Å². The zero-order chi connectivity index (χ0) is 32.2. The van der Waals surface area contributed by atoms with E-state index in [0.29, 0.717) is 34.4 Å². The minimum absolute atomic E-state index is 0.208. The van der Waals surface area contributed by atoms with Crippen LogP contribution in [0.25, 0.3) is 16.8 Å². The summed E-state index contributed by atoms with van der Waals surface area (Å²) in [6.07, 6.45) is 1.42. The number of nitrogens with zero attached hydrogens (tertiary/aromatic N) is 1. The van der Waals surface area contributed by atoms with Gasteiger partial charge in [0.25, 0.3) is 11.8 Å². The van der Waals surface area contributed by atoms with Gasteiger partial charge < -0.3 is 14.2 Å². The molecule has 6 rings (SSSR count). The normalized spacial score (nSPS) is 14.0. The summed E-state index contributed by atoms with van der Waals surface area (Å²) < 4.78 is 17.6. The summed E-state index contributed by atoms with van der Waals surface area (Å²) in [6, 6.07) is 30.3. The van der Waals surface area contributed by atoms with Crippen molar-refractivity contribution in [3.63, 3.8) is 0 Å². The molecule has 46 heavy (non-hydrogen) atoms. The van der Waals surface area contributed by atoms with Gasteiger partial charge in [-0.3, -0.25) is 14.9 Å². The second kappa shape index (κ2) is 13.2. The van der Waals surface area contributed by atoms with Crippen LogP contribution in [0.15, 0.2) is 109 Å². The Kier molecular flexibility index (Phi) is 8.72. The van der Waals surface area contributed by atoms with Gasteiger partial charge in [0.15, 0.2) is 11.5 Å². The summed E-state index contributed by atoms with van der Waals surface area (Å²) in [5, 5.41) is 5.08. The molecule has 1 heterocycles. The van der Waals surface area contributed by atoms with Crippen LogP contribution in [0.1, 0.15) is 22.3 Å². The quantitative estimate of drug-likeness (QED) is 0.133. The third kappa shape index (κ3) is 6.29. The number of hydrogen-bond acceptors (Lipinski definition) is 6. The predicted octanol–water partition coefficient (Wildman–Crippen LogP) is 7.63. The molecule has 0 bridgehead atoms. The first-order chi connectivity index (χ1) is 22.3. The number of fused-ring (bicyclic) bond motifs is 1. The van der Waals surface area contributed by atoms with Crippen molar-refractivity contribution in [2.75, 3.05) is 12.0 Å². The number of aryl methyl sites for hydroxylation is 1. The zero-order valence-corrected chi connectivity index (χ0v) is 25.8. The summed E-state index contributed by atoms with van der Waals surface area (Å²) in [6.45, 7) is 2.62. The van der Waals surface area contributed by atoms with Gasteiger partial charge in [-0.15, -0.1) is 0 Å². The molecule has 0 saturated carbocycles. The van der Waals surface area contributed by atoms with Gasteiger partial charge in [-0.25, -0.2) is 9.69 Å². The van der Waals surface area contributed by atoms with Gasteiger partial charge >= 0.3 is 6.03 Å². The van der Waals surface area contributed by atoms with Crippen molar-refractivity contribution >= 4 is 52.0 Å². The smallest absolute Gasteiger partial charge is 0.335 e. The Hall–Kier alpha value is -5.60. The number of amides is 4. The van der Waals surface area contributed by atoms with E-state index in [-0.39, 0.29) is 17.9 Å². The summed E-state index contributed by atoms with van der Waals surface area (Å²) in [7, 11) is 1.52. The van der Waals surface area contributed by atoms with Crippen LogP contribution in [0.5, 0.6) is 17.2 Å². The van der Waals surface area contributed by atoms with Gasteiger partial charge in [0, 0.05) is 16.1 Å². The Morgan fingerprint density at radius 1 is 0.804 bits per heavy atom. The molecule has 230 valence electrons. The molecular formula is C37H29ClN2O6. The van der Waals surface area contributed by atoms with E-state index < -0.39 is 17.8 Å². The van der Waals surface area contributed by atoms with E-state index in [1.807, 2.05) is 37.3 Å². The lowest BCUT2D eigenvalue weighted by Crippen LogP contribution is -2.54. The molecule has 1 aliphatic rings. The molecule has 8 nitrogen and oxygen atoms in total. The van der Waals surface area contributed by atoms with Crippen LogP contribution in [0.2, 0.25) is 5.02 Å². The molecule has 0 spiro atoms. The van der Waals surface area contributed by atoms with E-state index in [0.717, 1.165) is 32.4 Å². The Labute approximate surface area is 270 Å². The fourth-order valence-electron chi connectivity index (χ4n) is 5.21. The number of halogens is 1.